The molecule has 0 aromatic carbocycles. The van der Waals surface area contributed by atoms with Gasteiger partial charge in [0.25, 0.3) is 0 Å². The number of pyridine rings is 1. The minimum absolute atomic E-state index is 0.182. The van der Waals surface area contributed by atoms with Gasteiger partial charge in [-0.25, -0.2) is 4.79 Å². The molecule has 5 heteroatoms. The van der Waals surface area contributed by atoms with Gasteiger partial charge in [-0.1, -0.05) is 0 Å². The van der Waals surface area contributed by atoms with E-state index in [4.69, 9.17) is 10.8 Å². The smallest absolute Gasteiger partial charge is 0.348 e. The maximum Gasteiger partial charge on any atom is 0.348 e. The molecule has 0 atom stereocenters. The Balaban J connectivity index is 2.52. The van der Waals surface area contributed by atoms with Crippen molar-refractivity contribution in [1.29, 1.82) is 0 Å². The summed E-state index contributed by atoms with van der Waals surface area (Å²) in [5.41, 5.74) is 7.69. The van der Waals surface area contributed by atoms with Crippen molar-refractivity contribution in [3.63, 3.8) is 0 Å². The highest BCUT2D eigenvalue weighted by Gasteiger charge is 2.15. The second-order valence-corrected chi connectivity index (χ2v) is 3.81. The Kier molecular flexibility index (Phi) is 2.39. The van der Waals surface area contributed by atoms with Gasteiger partial charge < -0.3 is 10.8 Å². The molecule has 0 aliphatic rings. The summed E-state index contributed by atoms with van der Waals surface area (Å²) in [6.07, 6.45) is 3.29. The minimum atomic E-state index is -0.988. The summed E-state index contributed by atoms with van der Waals surface area (Å²) in [7, 11) is 0. The van der Waals surface area contributed by atoms with Gasteiger partial charge in [0.05, 0.1) is 5.69 Å². The number of carboxylic acid groups (broad SMARTS) is 1. The van der Waals surface area contributed by atoms with Gasteiger partial charge in [0.1, 0.15) is 4.88 Å². The Labute approximate surface area is 90.0 Å². The molecule has 0 radical (unpaired) electrons. The van der Waals surface area contributed by atoms with Crippen molar-refractivity contribution in [2.24, 2.45) is 0 Å². The molecule has 0 fully saturated rings. The first-order valence-corrected chi connectivity index (χ1v) is 5.08. The van der Waals surface area contributed by atoms with Crippen LogP contribution < -0.4 is 5.73 Å². The molecular formula is C10H8N2O2S. The number of thiophene rings is 1. The standard InChI is InChI=1S/C10H8N2O2S/c11-8-7(5-15-9(8)10(13)14)6-1-3-12-4-2-6/h1-5H,11H2,(H,13,14). The predicted molar refractivity (Wildman–Crippen MR) is 58.9 cm³/mol. The van der Waals surface area contributed by atoms with Crippen molar-refractivity contribution >= 4 is 23.0 Å². The molecule has 2 aromatic rings. The van der Waals surface area contributed by atoms with Crippen LogP contribution >= 0.6 is 11.3 Å². The number of hydrogen-bond donors (Lipinski definition) is 2. The zero-order valence-corrected chi connectivity index (χ0v) is 8.49. The van der Waals surface area contributed by atoms with Crippen molar-refractivity contribution < 1.29 is 9.90 Å². The second-order valence-electron chi connectivity index (χ2n) is 2.93. The monoisotopic (exact) mass is 220 g/mol. The van der Waals surface area contributed by atoms with E-state index in [2.05, 4.69) is 4.98 Å². The van der Waals surface area contributed by atoms with Crippen LogP contribution in [0.2, 0.25) is 0 Å². The zero-order valence-electron chi connectivity index (χ0n) is 7.68. The Morgan fingerprint density at radius 1 is 1.40 bits per heavy atom. The molecule has 2 rings (SSSR count). The third-order valence-electron chi connectivity index (χ3n) is 2.01. The van der Waals surface area contributed by atoms with E-state index in [1.807, 2.05) is 0 Å². The molecule has 0 saturated carbocycles. The van der Waals surface area contributed by atoms with Gasteiger partial charge in [0.15, 0.2) is 0 Å². The average Bonchev–Trinajstić information content (AvgIpc) is 2.61. The quantitative estimate of drug-likeness (QED) is 0.812. The van der Waals surface area contributed by atoms with Crippen LogP contribution in [0.1, 0.15) is 9.67 Å². The second kappa shape index (κ2) is 3.70. The maximum absolute atomic E-state index is 10.8. The number of aromatic carboxylic acids is 1. The van der Waals surface area contributed by atoms with Gasteiger partial charge in [0, 0.05) is 23.3 Å². The maximum atomic E-state index is 10.8. The number of nitrogens with zero attached hydrogens (tertiary/aromatic N) is 1. The van der Waals surface area contributed by atoms with E-state index >= 15 is 0 Å². The molecule has 0 spiro atoms. The van der Waals surface area contributed by atoms with Crippen LogP contribution in [-0.4, -0.2) is 16.1 Å². The number of rotatable bonds is 2. The Hall–Kier alpha value is -1.88. The molecule has 15 heavy (non-hydrogen) atoms. The average molecular weight is 220 g/mol. The number of carboxylic acids is 1. The molecule has 0 saturated heterocycles. The highest BCUT2D eigenvalue weighted by Crippen LogP contribution is 2.33. The summed E-state index contributed by atoms with van der Waals surface area (Å²) in [6.45, 7) is 0. The number of aromatic nitrogens is 1. The molecule has 76 valence electrons. The van der Waals surface area contributed by atoms with E-state index in [1.54, 1.807) is 29.9 Å². The third kappa shape index (κ3) is 1.69. The van der Waals surface area contributed by atoms with Crippen molar-refractivity contribution in [2.45, 2.75) is 0 Å². The highest BCUT2D eigenvalue weighted by atomic mass is 32.1. The predicted octanol–water partition coefficient (Wildman–Crippen LogP) is 2.09. The van der Waals surface area contributed by atoms with Gasteiger partial charge in [0.2, 0.25) is 0 Å². The lowest BCUT2D eigenvalue weighted by atomic mass is 10.1. The van der Waals surface area contributed by atoms with Crippen LogP contribution in [0.15, 0.2) is 29.9 Å². The third-order valence-corrected chi connectivity index (χ3v) is 3.00. The molecule has 3 N–H and O–H groups in total. The van der Waals surface area contributed by atoms with Crippen LogP contribution in [-0.2, 0) is 0 Å². The molecule has 0 unspecified atom stereocenters. The van der Waals surface area contributed by atoms with Gasteiger partial charge in [-0.05, 0) is 17.7 Å². The Morgan fingerprint density at radius 3 is 2.60 bits per heavy atom. The molecule has 2 heterocycles. The zero-order chi connectivity index (χ0) is 10.8. The molecule has 2 aromatic heterocycles. The summed E-state index contributed by atoms with van der Waals surface area (Å²) in [4.78, 5) is 14.9. The Bertz CT molecular complexity index is 493. The van der Waals surface area contributed by atoms with Gasteiger partial charge in [-0.3, -0.25) is 4.98 Å². The topological polar surface area (TPSA) is 76.2 Å². The summed E-state index contributed by atoms with van der Waals surface area (Å²) in [6, 6.07) is 3.59. The van der Waals surface area contributed by atoms with Crippen LogP contribution in [0.25, 0.3) is 11.1 Å². The molecule has 0 bridgehead atoms. The molecular weight excluding hydrogens is 212 g/mol. The molecule has 0 amide bonds. The van der Waals surface area contributed by atoms with Crippen molar-refractivity contribution in [3.8, 4) is 11.1 Å². The van der Waals surface area contributed by atoms with Crippen LogP contribution in [0.5, 0.6) is 0 Å². The molecule has 0 aliphatic carbocycles. The number of hydrogen-bond acceptors (Lipinski definition) is 4. The van der Waals surface area contributed by atoms with E-state index < -0.39 is 5.97 Å². The summed E-state index contributed by atoms with van der Waals surface area (Å²) in [5.74, 6) is -0.988. The molecule has 0 aliphatic heterocycles. The minimum Gasteiger partial charge on any atom is -0.477 e. The van der Waals surface area contributed by atoms with Crippen molar-refractivity contribution in [2.75, 3.05) is 5.73 Å². The number of nitrogens with two attached hydrogens (primary N) is 1. The van der Waals surface area contributed by atoms with E-state index in [-0.39, 0.29) is 4.88 Å². The number of nitrogen functional groups attached to an aromatic ring is 1. The van der Waals surface area contributed by atoms with E-state index in [0.717, 1.165) is 22.5 Å². The highest BCUT2D eigenvalue weighted by molar-refractivity contribution is 7.13. The lowest BCUT2D eigenvalue weighted by Gasteiger charge is -1.99. The van der Waals surface area contributed by atoms with Crippen molar-refractivity contribution in [3.05, 3.63) is 34.8 Å². The van der Waals surface area contributed by atoms with E-state index in [9.17, 15) is 4.79 Å². The first-order valence-electron chi connectivity index (χ1n) is 4.21. The van der Waals surface area contributed by atoms with Gasteiger partial charge in [-0.15, -0.1) is 11.3 Å². The van der Waals surface area contributed by atoms with Crippen molar-refractivity contribution in [1.82, 2.24) is 4.98 Å². The largest absolute Gasteiger partial charge is 0.477 e. The summed E-state index contributed by atoms with van der Waals surface area (Å²) >= 11 is 1.13. The lowest BCUT2D eigenvalue weighted by molar-refractivity contribution is 0.0703. The first-order chi connectivity index (χ1) is 7.20. The fraction of sp³-hybridized carbons (Fsp3) is 0. The van der Waals surface area contributed by atoms with Crippen LogP contribution in [0, 0.1) is 0 Å². The normalized spacial score (nSPS) is 10.1. The first kappa shape index (κ1) is 9.67. The fourth-order valence-corrected chi connectivity index (χ4v) is 2.12. The molecule has 4 nitrogen and oxygen atoms in total. The summed E-state index contributed by atoms with van der Waals surface area (Å²) in [5, 5.41) is 10.6. The van der Waals surface area contributed by atoms with Crippen LogP contribution in [0.3, 0.4) is 0 Å². The number of anilines is 1. The van der Waals surface area contributed by atoms with E-state index in [1.165, 1.54) is 0 Å². The Morgan fingerprint density at radius 2 is 2.07 bits per heavy atom. The fourth-order valence-electron chi connectivity index (χ4n) is 1.29. The van der Waals surface area contributed by atoms with E-state index in [0.29, 0.717) is 5.69 Å². The summed E-state index contributed by atoms with van der Waals surface area (Å²) < 4.78 is 0. The van der Waals surface area contributed by atoms with Gasteiger partial charge in [-0.2, -0.15) is 0 Å². The van der Waals surface area contributed by atoms with Crippen LogP contribution in [0.4, 0.5) is 5.69 Å². The number of carbonyl (C=O) groups is 1. The lowest BCUT2D eigenvalue weighted by Crippen LogP contribution is -1.98. The SMILES string of the molecule is Nc1c(-c2ccncc2)csc1C(=O)O. The van der Waals surface area contributed by atoms with Gasteiger partial charge >= 0.3 is 5.97 Å².